The molecule has 0 N–H and O–H groups in total. The van der Waals surface area contributed by atoms with E-state index in [0.29, 0.717) is 12.6 Å². The van der Waals surface area contributed by atoms with Gasteiger partial charge in [-0.3, -0.25) is 9.69 Å². The Kier molecular flexibility index (Phi) is 5.98. The molecule has 0 spiro atoms. The second kappa shape index (κ2) is 8.22. The number of nitrogens with zero attached hydrogens (tertiary/aromatic N) is 2. The number of aryl methyl sites for hydroxylation is 1. The minimum Gasteiger partial charge on any atom is -0.346 e. The lowest BCUT2D eigenvalue weighted by atomic mass is 9.90. The number of likely N-dealkylation sites (tertiary alicyclic amines) is 1. The summed E-state index contributed by atoms with van der Waals surface area (Å²) < 4.78 is 2.26. The van der Waals surface area contributed by atoms with Gasteiger partial charge in [0.2, 0.25) is 0 Å². The highest BCUT2D eigenvalue weighted by Gasteiger charge is 2.23. The van der Waals surface area contributed by atoms with Gasteiger partial charge in [-0.05, 0) is 77.6 Å². The van der Waals surface area contributed by atoms with Crippen molar-refractivity contribution in [1.29, 1.82) is 0 Å². The van der Waals surface area contributed by atoms with E-state index in [1.807, 2.05) is 0 Å². The highest BCUT2D eigenvalue weighted by Crippen LogP contribution is 2.24. The molecule has 1 aliphatic rings. The van der Waals surface area contributed by atoms with Crippen LogP contribution in [0.1, 0.15) is 60.0 Å². The second-order valence-electron chi connectivity index (χ2n) is 8.08. The number of aromatic nitrogens is 1. The third-order valence-corrected chi connectivity index (χ3v) is 5.74. The van der Waals surface area contributed by atoms with E-state index in [0.717, 1.165) is 36.7 Å². The molecular weight excluding hydrogens is 320 g/mol. The van der Waals surface area contributed by atoms with Gasteiger partial charge in [-0.2, -0.15) is 0 Å². The van der Waals surface area contributed by atoms with Crippen LogP contribution in [0.4, 0.5) is 0 Å². The molecule has 0 saturated carbocycles. The molecule has 0 bridgehead atoms. The maximum absolute atomic E-state index is 12.8. The number of Topliss-reactive ketones (excluding diaryl/α,β-unsaturated/α-hetero) is 1. The molecule has 1 fully saturated rings. The summed E-state index contributed by atoms with van der Waals surface area (Å²) in [6, 6.07) is 13.2. The molecule has 1 aromatic heterocycles. The average Bonchev–Trinajstić information content (AvgIpc) is 2.92. The first-order valence-electron chi connectivity index (χ1n) is 9.93. The SMILES string of the molecule is Cc1cc(C(=O)CN2CCC(Cc3ccccc3)CC2)c(C)n1C(C)C. The van der Waals surface area contributed by atoms with Crippen molar-refractivity contribution in [3.8, 4) is 0 Å². The first kappa shape index (κ1) is 18.9. The Morgan fingerprint density at radius 3 is 2.35 bits per heavy atom. The smallest absolute Gasteiger partial charge is 0.178 e. The summed E-state index contributed by atoms with van der Waals surface area (Å²) in [5, 5.41) is 0. The van der Waals surface area contributed by atoms with Gasteiger partial charge >= 0.3 is 0 Å². The molecule has 26 heavy (non-hydrogen) atoms. The summed E-state index contributed by atoms with van der Waals surface area (Å²) in [7, 11) is 0. The van der Waals surface area contributed by atoms with Crippen molar-refractivity contribution in [3.05, 3.63) is 58.9 Å². The van der Waals surface area contributed by atoms with Crippen molar-refractivity contribution in [3.63, 3.8) is 0 Å². The first-order chi connectivity index (χ1) is 12.5. The molecule has 0 amide bonds. The molecule has 2 heterocycles. The van der Waals surface area contributed by atoms with Crippen LogP contribution in [0.2, 0.25) is 0 Å². The molecule has 1 aromatic carbocycles. The fraction of sp³-hybridized carbons (Fsp3) is 0.522. The van der Waals surface area contributed by atoms with Crippen LogP contribution in [0.5, 0.6) is 0 Å². The van der Waals surface area contributed by atoms with Crippen LogP contribution in [-0.2, 0) is 6.42 Å². The molecule has 3 nitrogen and oxygen atoms in total. The fourth-order valence-electron chi connectivity index (χ4n) is 4.44. The monoisotopic (exact) mass is 352 g/mol. The molecule has 0 aliphatic carbocycles. The summed E-state index contributed by atoms with van der Waals surface area (Å²) >= 11 is 0. The number of rotatable bonds is 6. The molecule has 3 heteroatoms. The number of hydrogen-bond donors (Lipinski definition) is 0. The van der Waals surface area contributed by atoms with Crippen molar-refractivity contribution in [2.75, 3.05) is 19.6 Å². The molecule has 3 rings (SSSR count). The Balaban J connectivity index is 1.55. The van der Waals surface area contributed by atoms with Crippen molar-refractivity contribution in [1.82, 2.24) is 9.47 Å². The van der Waals surface area contributed by atoms with E-state index in [9.17, 15) is 4.79 Å². The molecule has 2 aromatic rings. The Labute approximate surface area is 158 Å². The fourth-order valence-corrected chi connectivity index (χ4v) is 4.44. The van der Waals surface area contributed by atoms with Crippen molar-refractivity contribution in [2.24, 2.45) is 5.92 Å². The van der Waals surface area contributed by atoms with Gasteiger partial charge in [0.25, 0.3) is 0 Å². The van der Waals surface area contributed by atoms with Gasteiger partial charge in [-0.15, -0.1) is 0 Å². The van der Waals surface area contributed by atoms with Crippen LogP contribution < -0.4 is 0 Å². The Hall–Kier alpha value is -1.87. The van der Waals surface area contributed by atoms with Gasteiger partial charge in [0.05, 0.1) is 6.54 Å². The maximum Gasteiger partial charge on any atom is 0.178 e. The van der Waals surface area contributed by atoms with Gasteiger partial charge < -0.3 is 4.57 Å². The molecule has 0 atom stereocenters. The molecule has 0 radical (unpaired) electrons. The van der Waals surface area contributed by atoms with Crippen molar-refractivity contribution >= 4 is 5.78 Å². The minimum absolute atomic E-state index is 0.270. The van der Waals surface area contributed by atoms with Crippen LogP contribution in [0.25, 0.3) is 0 Å². The van der Waals surface area contributed by atoms with E-state index in [-0.39, 0.29) is 5.78 Å². The van der Waals surface area contributed by atoms with Gasteiger partial charge in [-0.25, -0.2) is 0 Å². The number of hydrogen-bond acceptors (Lipinski definition) is 2. The highest BCUT2D eigenvalue weighted by atomic mass is 16.1. The lowest BCUT2D eigenvalue weighted by molar-refractivity contribution is 0.0895. The zero-order valence-corrected chi connectivity index (χ0v) is 16.7. The number of carbonyl (C=O) groups excluding carboxylic acids is 1. The molecule has 140 valence electrons. The average molecular weight is 353 g/mol. The van der Waals surface area contributed by atoms with E-state index in [1.54, 1.807) is 0 Å². The topological polar surface area (TPSA) is 25.2 Å². The van der Waals surface area contributed by atoms with E-state index < -0.39 is 0 Å². The van der Waals surface area contributed by atoms with Crippen LogP contribution in [0.15, 0.2) is 36.4 Å². The van der Waals surface area contributed by atoms with Gasteiger partial charge in [0.1, 0.15) is 0 Å². The maximum atomic E-state index is 12.8. The van der Waals surface area contributed by atoms with Crippen LogP contribution in [0.3, 0.4) is 0 Å². The standard InChI is InChI=1S/C23H32N2O/c1-17(2)25-18(3)14-22(19(25)4)23(26)16-24-12-10-21(11-13-24)15-20-8-6-5-7-9-20/h5-9,14,17,21H,10-13,15-16H2,1-4H3. The first-order valence-corrected chi connectivity index (χ1v) is 9.93. The number of carbonyl (C=O) groups is 1. The van der Waals surface area contributed by atoms with E-state index in [2.05, 4.69) is 73.6 Å². The summed E-state index contributed by atoms with van der Waals surface area (Å²) in [5.41, 5.74) is 4.63. The lowest BCUT2D eigenvalue weighted by Crippen LogP contribution is -2.38. The number of piperidine rings is 1. The minimum atomic E-state index is 0.270. The Morgan fingerprint density at radius 2 is 1.77 bits per heavy atom. The van der Waals surface area contributed by atoms with Gasteiger partial charge in [0, 0.05) is 23.0 Å². The quantitative estimate of drug-likeness (QED) is 0.696. The lowest BCUT2D eigenvalue weighted by Gasteiger charge is -2.31. The number of ketones is 1. The van der Waals surface area contributed by atoms with Gasteiger partial charge in [-0.1, -0.05) is 30.3 Å². The Bertz CT molecular complexity index is 737. The van der Waals surface area contributed by atoms with Gasteiger partial charge in [0.15, 0.2) is 5.78 Å². The van der Waals surface area contributed by atoms with E-state index in [4.69, 9.17) is 0 Å². The highest BCUT2D eigenvalue weighted by molar-refractivity contribution is 5.99. The van der Waals surface area contributed by atoms with Crippen molar-refractivity contribution in [2.45, 2.75) is 53.0 Å². The van der Waals surface area contributed by atoms with E-state index >= 15 is 0 Å². The summed E-state index contributed by atoms with van der Waals surface area (Å²) in [5.74, 6) is 1.02. The molecule has 0 unspecified atom stereocenters. The third-order valence-electron chi connectivity index (χ3n) is 5.74. The summed E-state index contributed by atoms with van der Waals surface area (Å²) in [6.07, 6.45) is 3.54. The normalized spacial score (nSPS) is 16.3. The Morgan fingerprint density at radius 1 is 1.12 bits per heavy atom. The largest absolute Gasteiger partial charge is 0.346 e. The third kappa shape index (κ3) is 4.27. The van der Waals surface area contributed by atoms with Crippen LogP contribution in [0, 0.1) is 19.8 Å². The van der Waals surface area contributed by atoms with Crippen LogP contribution >= 0.6 is 0 Å². The summed E-state index contributed by atoms with van der Waals surface area (Å²) in [6.45, 7) is 11.1. The van der Waals surface area contributed by atoms with Crippen molar-refractivity contribution < 1.29 is 4.79 Å². The molecule has 1 saturated heterocycles. The molecule has 1 aliphatic heterocycles. The predicted molar refractivity (Wildman–Crippen MR) is 108 cm³/mol. The zero-order chi connectivity index (χ0) is 18.7. The second-order valence-corrected chi connectivity index (χ2v) is 8.08. The molecular formula is C23H32N2O. The zero-order valence-electron chi connectivity index (χ0n) is 16.7. The predicted octanol–water partition coefficient (Wildman–Crippen LogP) is 4.82. The number of benzene rings is 1. The van der Waals surface area contributed by atoms with Crippen LogP contribution in [-0.4, -0.2) is 34.9 Å². The van der Waals surface area contributed by atoms with E-state index in [1.165, 1.54) is 24.1 Å². The summed E-state index contributed by atoms with van der Waals surface area (Å²) in [4.78, 5) is 15.2.